The van der Waals surface area contributed by atoms with Crippen LogP contribution in [0.4, 0.5) is 0 Å². The van der Waals surface area contributed by atoms with Gasteiger partial charge in [-0.3, -0.25) is 4.90 Å². The first-order chi connectivity index (χ1) is 12.6. The number of phenolic OH excluding ortho intramolecular Hbond substituents is 1. The van der Waals surface area contributed by atoms with E-state index in [2.05, 4.69) is 48.2 Å². The van der Waals surface area contributed by atoms with Crippen LogP contribution in [-0.2, 0) is 6.42 Å². The molecule has 1 fully saturated rings. The van der Waals surface area contributed by atoms with Crippen molar-refractivity contribution < 1.29 is 5.11 Å². The zero-order valence-corrected chi connectivity index (χ0v) is 15.9. The Morgan fingerprint density at radius 2 is 1.85 bits per heavy atom. The maximum absolute atomic E-state index is 9.77. The Hall–Kier alpha value is -2.31. The van der Waals surface area contributed by atoms with Crippen LogP contribution in [0.3, 0.4) is 0 Å². The van der Waals surface area contributed by atoms with E-state index in [4.69, 9.17) is 5.26 Å². The van der Waals surface area contributed by atoms with Crippen molar-refractivity contribution in [3.63, 3.8) is 0 Å². The number of phenols is 1. The second-order valence-electron chi connectivity index (χ2n) is 7.03. The summed E-state index contributed by atoms with van der Waals surface area (Å²) in [5.41, 5.74) is 2.70. The van der Waals surface area contributed by atoms with Gasteiger partial charge in [-0.05, 0) is 55.4 Å². The number of nitriles is 1. The Bertz CT molecular complexity index is 693. The number of likely N-dealkylation sites (tertiary alicyclic amines) is 1. The van der Waals surface area contributed by atoms with Crippen LogP contribution in [0.15, 0.2) is 54.6 Å². The summed E-state index contributed by atoms with van der Waals surface area (Å²) >= 11 is 0. The van der Waals surface area contributed by atoms with E-state index in [9.17, 15) is 5.11 Å². The highest BCUT2D eigenvalue weighted by atomic mass is 16.3. The van der Waals surface area contributed by atoms with Crippen LogP contribution in [0, 0.1) is 11.3 Å². The molecular weight excluding hydrogens is 320 g/mol. The summed E-state index contributed by atoms with van der Waals surface area (Å²) < 4.78 is 0. The summed E-state index contributed by atoms with van der Waals surface area (Å²) in [5.74, 6) is 0.915. The zero-order chi connectivity index (χ0) is 18.8. The lowest BCUT2D eigenvalue weighted by molar-refractivity contribution is 0.208. The molecule has 2 atom stereocenters. The summed E-state index contributed by atoms with van der Waals surface area (Å²) in [6, 6.07) is 21.0. The van der Waals surface area contributed by atoms with Crippen LogP contribution in [0.5, 0.6) is 5.75 Å². The fraction of sp³-hybridized carbons (Fsp3) is 0.435. The SMILES string of the molecule is CC#N.CC1CCCC(c2cccc(O)c2)CN1CCc1ccccc1. The summed E-state index contributed by atoms with van der Waals surface area (Å²) in [5, 5.41) is 17.1. The summed E-state index contributed by atoms with van der Waals surface area (Å²) in [4.78, 5) is 2.63. The number of hydrogen-bond donors (Lipinski definition) is 1. The van der Waals surface area contributed by atoms with Crippen molar-refractivity contribution in [3.8, 4) is 11.8 Å². The van der Waals surface area contributed by atoms with Gasteiger partial charge in [0.1, 0.15) is 5.75 Å². The lowest BCUT2D eigenvalue weighted by Gasteiger charge is -2.29. The van der Waals surface area contributed by atoms with E-state index in [-0.39, 0.29) is 0 Å². The third-order valence-corrected chi connectivity index (χ3v) is 5.12. The smallest absolute Gasteiger partial charge is 0.115 e. The van der Waals surface area contributed by atoms with E-state index in [1.165, 1.54) is 37.3 Å². The zero-order valence-electron chi connectivity index (χ0n) is 15.9. The third-order valence-electron chi connectivity index (χ3n) is 5.12. The summed E-state index contributed by atoms with van der Waals surface area (Å²) in [7, 11) is 0. The Morgan fingerprint density at radius 3 is 2.54 bits per heavy atom. The van der Waals surface area contributed by atoms with E-state index >= 15 is 0 Å². The van der Waals surface area contributed by atoms with Gasteiger partial charge in [0, 0.05) is 26.1 Å². The Labute approximate surface area is 157 Å². The minimum atomic E-state index is 0.385. The van der Waals surface area contributed by atoms with Gasteiger partial charge in [-0.15, -0.1) is 0 Å². The van der Waals surface area contributed by atoms with E-state index in [0.29, 0.717) is 17.7 Å². The van der Waals surface area contributed by atoms with Crippen molar-refractivity contribution in [1.82, 2.24) is 4.90 Å². The van der Waals surface area contributed by atoms with E-state index < -0.39 is 0 Å². The van der Waals surface area contributed by atoms with Crippen LogP contribution in [-0.4, -0.2) is 29.1 Å². The number of hydrogen-bond acceptors (Lipinski definition) is 3. The van der Waals surface area contributed by atoms with Crippen LogP contribution >= 0.6 is 0 Å². The molecule has 3 heteroatoms. The van der Waals surface area contributed by atoms with E-state index in [1.54, 1.807) is 12.1 Å². The van der Waals surface area contributed by atoms with Gasteiger partial charge >= 0.3 is 0 Å². The molecule has 0 saturated carbocycles. The highest BCUT2D eigenvalue weighted by molar-refractivity contribution is 5.30. The van der Waals surface area contributed by atoms with Crippen molar-refractivity contribution in [2.24, 2.45) is 0 Å². The van der Waals surface area contributed by atoms with Gasteiger partial charge in [0.2, 0.25) is 0 Å². The minimum Gasteiger partial charge on any atom is -0.508 e. The average molecular weight is 351 g/mol. The predicted octanol–water partition coefficient (Wildman–Crippen LogP) is 5.12. The van der Waals surface area contributed by atoms with Gasteiger partial charge in [-0.2, -0.15) is 5.26 Å². The van der Waals surface area contributed by atoms with Crippen molar-refractivity contribution in [3.05, 3.63) is 65.7 Å². The fourth-order valence-electron chi connectivity index (χ4n) is 3.68. The molecule has 2 aromatic carbocycles. The van der Waals surface area contributed by atoms with Crippen molar-refractivity contribution >= 4 is 0 Å². The molecule has 0 radical (unpaired) electrons. The quantitative estimate of drug-likeness (QED) is 0.832. The topological polar surface area (TPSA) is 47.3 Å². The number of nitrogens with zero attached hydrogens (tertiary/aromatic N) is 2. The van der Waals surface area contributed by atoms with Crippen molar-refractivity contribution in [2.45, 2.75) is 51.5 Å². The highest BCUT2D eigenvalue weighted by Gasteiger charge is 2.24. The fourth-order valence-corrected chi connectivity index (χ4v) is 3.68. The molecule has 0 bridgehead atoms. The van der Waals surface area contributed by atoms with Gasteiger partial charge in [0.25, 0.3) is 0 Å². The summed E-state index contributed by atoms with van der Waals surface area (Å²) in [6.45, 7) is 5.99. The van der Waals surface area contributed by atoms with Gasteiger partial charge in [-0.25, -0.2) is 0 Å². The summed E-state index contributed by atoms with van der Waals surface area (Å²) in [6.07, 6.45) is 4.86. The molecule has 1 aliphatic rings. The second-order valence-corrected chi connectivity index (χ2v) is 7.03. The molecule has 26 heavy (non-hydrogen) atoms. The van der Waals surface area contributed by atoms with Gasteiger partial charge in [0.05, 0.1) is 6.07 Å². The maximum atomic E-state index is 9.77. The largest absolute Gasteiger partial charge is 0.508 e. The molecule has 1 heterocycles. The molecule has 0 amide bonds. The molecule has 138 valence electrons. The molecule has 0 spiro atoms. The highest BCUT2D eigenvalue weighted by Crippen LogP contribution is 2.30. The Kier molecular flexibility index (Phi) is 8.18. The number of aromatic hydroxyl groups is 1. The van der Waals surface area contributed by atoms with Crippen LogP contribution < -0.4 is 0 Å². The molecule has 0 aliphatic carbocycles. The maximum Gasteiger partial charge on any atom is 0.115 e. The first-order valence-electron chi connectivity index (χ1n) is 9.51. The molecule has 3 rings (SSSR count). The lowest BCUT2D eigenvalue weighted by Crippen LogP contribution is -2.36. The first kappa shape index (κ1) is 20.0. The van der Waals surface area contributed by atoms with Gasteiger partial charge in [0.15, 0.2) is 0 Å². The van der Waals surface area contributed by atoms with Crippen molar-refractivity contribution in [1.29, 1.82) is 5.26 Å². The normalized spacial score (nSPS) is 20.3. The van der Waals surface area contributed by atoms with E-state index in [1.807, 2.05) is 12.1 Å². The molecule has 0 aromatic heterocycles. The Balaban J connectivity index is 0.000000758. The average Bonchev–Trinajstić information content (AvgIpc) is 2.83. The first-order valence-corrected chi connectivity index (χ1v) is 9.51. The van der Waals surface area contributed by atoms with Crippen molar-refractivity contribution in [2.75, 3.05) is 13.1 Å². The standard InChI is InChI=1S/C21H27NO.C2H3N/c1-17-7-5-11-20(19-10-6-12-21(23)15-19)16-22(17)14-13-18-8-3-2-4-9-18;1-2-3/h2-4,6,8-10,12,15,17,20,23H,5,7,11,13-14,16H2,1H3;1H3. The van der Waals surface area contributed by atoms with Crippen LogP contribution in [0.1, 0.15) is 50.2 Å². The molecule has 1 aliphatic heterocycles. The Morgan fingerprint density at radius 1 is 1.12 bits per heavy atom. The molecule has 3 nitrogen and oxygen atoms in total. The molecule has 2 unspecified atom stereocenters. The predicted molar refractivity (Wildman–Crippen MR) is 107 cm³/mol. The third kappa shape index (κ3) is 6.20. The molecule has 1 saturated heterocycles. The lowest BCUT2D eigenvalue weighted by atomic mass is 9.94. The molecule has 1 N–H and O–H groups in total. The van der Waals surface area contributed by atoms with Gasteiger partial charge < -0.3 is 5.11 Å². The molecule has 2 aromatic rings. The van der Waals surface area contributed by atoms with Crippen LogP contribution in [0.25, 0.3) is 0 Å². The van der Waals surface area contributed by atoms with E-state index in [0.717, 1.165) is 19.5 Å². The minimum absolute atomic E-state index is 0.385. The second kappa shape index (κ2) is 10.6. The molecular formula is C23H30N2O. The number of rotatable bonds is 4. The van der Waals surface area contributed by atoms with Gasteiger partial charge in [-0.1, -0.05) is 48.9 Å². The number of benzene rings is 2. The monoisotopic (exact) mass is 350 g/mol. The van der Waals surface area contributed by atoms with Crippen LogP contribution in [0.2, 0.25) is 0 Å².